The molecule has 1 nitrogen and oxygen atoms in total. The first-order valence-electron chi connectivity index (χ1n) is 6.37. The summed E-state index contributed by atoms with van der Waals surface area (Å²) in [6, 6.07) is 11.6. The monoisotopic (exact) mass is 321 g/mol. The number of aryl methyl sites for hydroxylation is 1. The molecule has 0 aliphatic heterocycles. The third-order valence-corrected chi connectivity index (χ3v) is 5.21. The molecule has 3 rings (SSSR count). The zero-order chi connectivity index (χ0) is 12.4. The Kier molecular flexibility index (Phi) is 3.83. The second-order valence-electron chi connectivity index (χ2n) is 4.76. The van der Waals surface area contributed by atoms with Crippen molar-refractivity contribution in [3.05, 3.63) is 56.2 Å². The van der Waals surface area contributed by atoms with Crippen molar-refractivity contribution in [2.24, 2.45) is 0 Å². The molecule has 1 heterocycles. The average Bonchev–Trinajstić information content (AvgIpc) is 2.82. The molecule has 1 aromatic carbocycles. The number of hydrogen-bond donors (Lipinski definition) is 1. The predicted octanol–water partition coefficient (Wildman–Crippen LogP) is 4.68. The Hall–Kier alpha value is -0.640. The minimum Gasteiger partial charge on any atom is -0.305 e. The van der Waals surface area contributed by atoms with E-state index in [-0.39, 0.29) is 0 Å². The lowest BCUT2D eigenvalue weighted by Gasteiger charge is -2.26. The van der Waals surface area contributed by atoms with Crippen LogP contribution in [0.15, 0.2) is 40.2 Å². The number of fused-ring (bicyclic) bond motifs is 1. The van der Waals surface area contributed by atoms with Gasteiger partial charge in [0.25, 0.3) is 0 Å². The predicted molar refractivity (Wildman–Crippen MR) is 81.0 cm³/mol. The molecule has 2 aromatic rings. The maximum atomic E-state index is 3.70. The van der Waals surface area contributed by atoms with Gasteiger partial charge in [0.1, 0.15) is 0 Å². The van der Waals surface area contributed by atoms with Gasteiger partial charge in [0, 0.05) is 27.3 Å². The van der Waals surface area contributed by atoms with Gasteiger partial charge in [0.05, 0.1) is 0 Å². The summed E-state index contributed by atoms with van der Waals surface area (Å²) in [6.45, 7) is 0.968. The summed E-state index contributed by atoms with van der Waals surface area (Å²) < 4.78 is 1.19. The zero-order valence-electron chi connectivity index (χ0n) is 10.2. The first kappa shape index (κ1) is 12.4. The first-order chi connectivity index (χ1) is 8.83. The Morgan fingerprint density at radius 2 is 2.22 bits per heavy atom. The molecular formula is C15H16BrNS. The van der Waals surface area contributed by atoms with Gasteiger partial charge in [-0.1, -0.05) is 24.3 Å². The summed E-state index contributed by atoms with van der Waals surface area (Å²) in [4.78, 5) is 1.39. The highest BCUT2D eigenvalue weighted by Gasteiger charge is 2.18. The van der Waals surface area contributed by atoms with E-state index >= 15 is 0 Å². The third kappa shape index (κ3) is 2.68. The molecular weight excluding hydrogens is 306 g/mol. The van der Waals surface area contributed by atoms with Gasteiger partial charge in [-0.15, -0.1) is 11.3 Å². The van der Waals surface area contributed by atoms with Gasteiger partial charge in [0.15, 0.2) is 0 Å². The summed E-state index contributed by atoms with van der Waals surface area (Å²) in [5, 5.41) is 5.84. The lowest BCUT2D eigenvalue weighted by atomic mass is 9.88. The Bertz CT molecular complexity index is 535. The average molecular weight is 322 g/mol. The topological polar surface area (TPSA) is 12.0 Å². The van der Waals surface area contributed by atoms with Crippen molar-refractivity contribution in [1.82, 2.24) is 5.32 Å². The van der Waals surface area contributed by atoms with E-state index < -0.39 is 0 Å². The summed E-state index contributed by atoms with van der Waals surface area (Å²) in [7, 11) is 0. The van der Waals surface area contributed by atoms with Gasteiger partial charge in [-0.25, -0.2) is 0 Å². The van der Waals surface area contributed by atoms with Crippen molar-refractivity contribution in [3.8, 4) is 0 Å². The van der Waals surface area contributed by atoms with E-state index in [0.717, 1.165) is 6.54 Å². The lowest BCUT2D eigenvalue weighted by molar-refractivity contribution is 0.461. The van der Waals surface area contributed by atoms with Gasteiger partial charge in [0.2, 0.25) is 0 Å². The quantitative estimate of drug-likeness (QED) is 0.865. The van der Waals surface area contributed by atoms with Crippen LogP contribution in [-0.4, -0.2) is 0 Å². The molecule has 1 unspecified atom stereocenters. The second-order valence-corrected chi connectivity index (χ2v) is 6.67. The van der Waals surface area contributed by atoms with Crippen LogP contribution in [-0.2, 0) is 13.0 Å². The van der Waals surface area contributed by atoms with Gasteiger partial charge < -0.3 is 5.32 Å². The number of halogens is 1. The Morgan fingerprint density at radius 3 is 3.06 bits per heavy atom. The minimum atomic E-state index is 0.524. The molecule has 94 valence electrons. The van der Waals surface area contributed by atoms with Crippen LogP contribution in [0.25, 0.3) is 0 Å². The molecule has 1 atom stereocenters. The molecule has 0 radical (unpaired) electrons. The van der Waals surface area contributed by atoms with Crippen LogP contribution in [0.3, 0.4) is 0 Å². The van der Waals surface area contributed by atoms with Crippen molar-refractivity contribution >= 4 is 27.3 Å². The van der Waals surface area contributed by atoms with E-state index in [0.29, 0.717) is 6.04 Å². The van der Waals surface area contributed by atoms with Gasteiger partial charge >= 0.3 is 0 Å². The Labute approximate surface area is 120 Å². The minimum absolute atomic E-state index is 0.524. The van der Waals surface area contributed by atoms with Gasteiger partial charge in [-0.2, -0.15) is 0 Å². The van der Waals surface area contributed by atoms with Crippen molar-refractivity contribution < 1.29 is 0 Å². The van der Waals surface area contributed by atoms with E-state index in [4.69, 9.17) is 0 Å². The molecule has 0 saturated carbocycles. The molecule has 0 spiro atoms. The third-order valence-electron chi connectivity index (χ3n) is 3.51. The molecule has 0 fully saturated rings. The molecule has 1 aliphatic carbocycles. The molecule has 0 amide bonds. The van der Waals surface area contributed by atoms with Gasteiger partial charge in [-0.05, 0) is 52.4 Å². The Morgan fingerprint density at radius 1 is 1.33 bits per heavy atom. The molecule has 0 bridgehead atoms. The van der Waals surface area contributed by atoms with E-state index in [9.17, 15) is 0 Å². The van der Waals surface area contributed by atoms with Crippen LogP contribution in [0.5, 0.6) is 0 Å². The lowest BCUT2D eigenvalue weighted by Crippen LogP contribution is -2.24. The molecule has 0 saturated heterocycles. The van der Waals surface area contributed by atoms with E-state index in [2.05, 4.69) is 57.0 Å². The summed E-state index contributed by atoms with van der Waals surface area (Å²) >= 11 is 5.32. The second kappa shape index (κ2) is 5.55. The summed E-state index contributed by atoms with van der Waals surface area (Å²) in [6.07, 6.45) is 3.78. The Balaban J connectivity index is 1.71. The van der Waals surface area contributed by atoms with Crippen molar-refractivity contribution in [3.63, 3.8) is 0 Å². The SMILES string of the molecule is Brc1csc(CNC2CCCc3ccccc32)c1. The highest BCUT2D eigenvalue weighted by Crippen LogP contribution is 2.30. The molecule has 1 N–H and O–H groups in total. The van der Waals surface area contributed by atoms with E-state index in [1.165, 1.54) is 39.7 Å². The fourth-order valence-corrected chi connectivity index (χ4v) is 4.04. The highest BCUT2D eigenvalue weighted by molar-refractivity contribution is 9.10. The van der Waals surface area contributed by atoms with Crippen LogP contribution in [0.1, 0.15) is 34.9 Å². The highest BCUT2D eigenvalue weighted by atomic mass is 79.9. The number of benzene rings is 1. The van der Waals surface area contributed by atoms with Crippen molar-refractivity contribution in [1.29, 1.82) is 0 Å². The van der Waals surface area contributed by atoms with Crippen LogP contribution < -0.4 is 5.32 Å². The van der Waals surface area contributed by atoms with E-state index in [1.807, 2.05) is 11.3 Å². The standard InChI is InChI=1S/C15H16BrNS/c16-12-8-13(18-10-12)9-17-15-7-3-5-11-4-1-2-6-14(11)15/h1-2,4,6,8,10,15,17H,3,5,7,9H2. The summed E-state index contributed by atoms with van der Waals surface area (Å²) in [5.41, 5.74) is 3.02. The maximum absolute atomic E-state index is 3.70. The van der Waals surface area contributed by atoms with E-state index in [1.54, 1.807) is 0 Å². The van der Waals surface area contributed by atoms with Crippen LogP contribution in [0, 0.1) is 0 Å². The number of thiophene rings is 1. The number of rotatable bonds is 3. The zero-order valence-corrected chi connectivity index (χ0v) is 12.6. The summed E-state index contributed by atoms with van der Waals surface area (Å²) in [5.74, 6) is 0. The molecule has 1 aliphatic rings. The molecule has 1 aromatic heterocycles. The number of nitrogens with one attached hydrogen (secondary N) is 1. The smallest absolute Gasteiger partial charge is 0.0326 e. The largest absolute Gasteiger partial charge is 0.305 e. The molecule has 18 heavy (non-hydrogen) atoms. The molecule has 3 heteroatoms. The van der Waals surface area contributed by atoms with Crippen molar-refractivity contribution in [2.45, 2.75) is 31.8 Å². The van der Waals surface area contributed by atoms with Crippen LogP contribution >= 0.6 is 27.3 Å². The van der Waals surface area contributed by atoms with Crippen LogP contribution in [0.2, 0.25) is 0 Å². The fraction of sp³-hybridized carbons (Fsp3) is 0.333. The number of hydrogen-bond acceptors (Lipinski definition) is 2. The maximum Gasteiger partial charge on any atom is 0.0326 e. The van der Waals surface area contributed by atoms with Gasteiger partial charge in [-0.3, -0.25) is 0 Å². The first-order valence-corrected chi connectivity index (χ1v) is 8.04. The van der Waals surface area contributed by atoms with Crippen molar-refractivity contribution in [2.75, 3.05) is 0 Å². The normalized spacial score (nSPS) is 18.6. The van der Waals surface area contributed by atoms with Crippen LogP contribution in [0.4, 0.5) is 0 Å². The fourth-order valence-electron chi connectivity index (χ4n) is 2.64.